The molecule has 1 amide bonds. The summed E-state index contributed by atoms with van der Waals surface area (Å²) < 4.78 is 0. The lowest BCUT2D eigenvalue weighted by Gasteiger charge is -2.34. The zero-order valence-corrected chi connectivity index (χ0v) is 15.6. The number of rotatable bonds is 4. The Balaban J connectivity index is 1.43. The SMILES string of the molecule is Cc1ccccc1NC(=O)c1ccnc(N2CCN(c3ncccn3)CC2)n1. The van der Waals surface area contributed by atoms with Crippen molar-refractivity contribution in [3.8, 4) is 0 Å². The third kappa shape index (κ3) is 3.90. The number of aryl methyl sites for hydroxylation is 1. The van der Waals surface area contributed by atoms with E-state index in [0.29, 0.717) is 11.6 Å². The summed E-state index contributed by atoms with van der Waals surface area (Å²) in [6.07, 6.45) is 5.12. The van der Waals surface area contributed by atoms with E-state index in [9.17, 15) is 4.79 Å². The Morgan fingerprint density at radius 2 is 1.50 bits per heavy atom. The standard InChI is InChI=1S/C20H21N7O/c1-15-5-2-3-6-16(15)24-18(28)17-7-10-23-20(25-17)27-13-11-26(12-14-27)19-21-8-4-9-22-19/h2-10H,11-14H2,1H3,(H,24,28). The van der Waals surface area contributed by atoms with Gasteiger partial charge in [0.15, 0.2) is 0 Å². The molecule has 1 aliphatic rings. The van der Waals surface area contributed by atoms with Crippen LogP contribution in [-0.2, 0) is 0 Å². The van der Waals surface area contributed by atoms with Gasteiger partial charge in [-0.2, -0.15) is 0 Å². The van der Waals surface area contributed by atoms with Gasteiger partial charge in [-0.05, 0) is 30.7 Å². The number of nitrogens with one attached hydrogen (secondary N) is 1. The summed E-state index contributed by atoms with van der Waals surface area (Å²) >= 11 is 0. The smallest absolute Gasteiger partial charge is 0.274 e. The minimum Gasteiger partial charge on any atom is -0.337 e. The number of aromatic nitrogens is 4. The molecule has 3 aromatic rings. The highest BCUT2D eigenvalue weighted by molar-refractivity contribution is 6.03. The lowest BCUT2D eigenvalue weighted by molar-refractivity contribution is 0.102. The van der Waals surface area contributed by atoms with Gasteiger partial charge in [0, 0.05) is 50.5 Å². The molecule has 1 saturated heterocycles. The van der Waals surface area contributed by atoms with Crippen molar-refractivity contribution in [2.45, 2.75) is 6.92 Å². The predicted molar refractivity (Wildman–Crippen MR) is 108 cm³/mol. The van der Waals surface area contributed by atoms with Crippen molar-refractivity contribution >= 4 is 23.5 Å². The molecular formula is C20H21N7O. The number of para-hydroxylation sites is 1. The molecule has 1 aromatic carbocycles. The summed E-state index contributed by atoms with van der Waals surface area (Å²) in [6, 6.07) is 11.1. The number of piperazine rings is 1. The van der Waals surface area contributed by atoms with Crippen LogP contribution < -0.4 is 15.1 Å². The van der Waals surface area contributed by atoms with Gasteiger partial charge in [-0.3, -0.25) is 4.79 Å². The summed E-state index contributed by atoms with van der Waals surface area (Å²) in [5, 5.41) is 2.91. The summed E-state index contributed by atoms with van der Waals surface area (Å²) in [5.74, 6) is 1.05. The second kappa shape index (κ2) is 7.99. The molecule has 0 saturated carbocycles. The Morgan fingerprint density at radius 1 is 0.857 bits per heavy atom. The number of nitrogens with zero attached hydrogens (tertiary/aromatic N) is 6. The Hall–Kier alpha value is -3.55. The number of hydrogen-bond acceptors (Lipinski definition) is 7. The molecule has 0 unspecified atom stereocenters. The third-order valence-corrected chi connectivity index (χ3v) is 4.67. The van der Waals surface area contributed by atoms with Crippen LogP contribution in [0.4, 0.5) is 17.6 Å². The monoisotopic (exact) mass is 375 g/mol. The van der Waals surface area contributed by atoms with Crippen LogP contribution in [-0.4, -0.2) is 52.0 Å². The Kier molecular flexibility index (Phi) is 5.09. The average molecular weight is 375 g/mol. The molecule has 1 N–H and O–H groups in total. The van der Waals surface area contributed by atoms with E-state index in [0.717, 1.165) is 43.4 Å². The second-order valence-corrected chi connectivity index (χ2v) is 6.53. The maximum Gasteiger partial charge on any atom is 0.274 e. The molecular weight excluding hydrogens is 354 g/mol. The molecule has 1 fully saturated rings. The second-order valence-electron chi connectivity index (χ2n) is 6.53. The minimum atomic E-state index is -0.241. The van der Waals surface area contributed by atoms with E-state index in [1.54, 1.807) is 30.7 Å². The van der Waals surface area contributed by atoms with Crippen LogP contribution in [0.5, 0.6) is 0 Å². The summed E-state index contributed by atoms with van der Waals surface area (Å²) in [5.41, 5.74) is 2.13. The first-order valence-corrected chi connectivity index (χ1v) is 9.17. The van der Waals surface area contributed by atoms with E-state index in [1.807, 2.05) is 31.2 Å². The summed E-state index contributed by atoms with van der Waals surface area (Å²) in [4.78, 5) is 34.2. The highest BCUT2D eigenvalue weighted by Gasteiger charge is 2.21. The molecule has 3 heterocycles. The van der Waals surface area contributed by atoms with Crippen molar-refractivity contribution in [2.75, 3.05) is 41.3 Å². The van der Waals surface area contributed by atoms with Crippen LogP contribution in [0.15, 0.2) is 55.0 Å². The summed E-state index contributed by atoms with van der Waals surface area (Å²) in [6.45, 7) is 4.97. The number of benzene rings is 1. The summed E-state index contributed by atoms with van der Waals surface area (Å²) in [7, 11) is 0. The molecule has 1 aliphatic heterocycles. The first kappa shape index (κ1) is 17.8. The van der Waals surface area contributed by atoms with Crippen molar-refractivity contribution in [1.29, 1.82) is 0 Å². The Morgan fingerprint density at radius 3 is 2.21 bits per heavy atom. The molecule has 8 nitrogen and oxygen atoms in total. The lowest BCUT2D eigenvalue weighted by Crippen LogP contribution is -2.47. The Labute approximate surface area is 163 Å². The van der Waals surface area contributed by atoms with Gasteiger partial charge in [0.05, 0.1) is 0 Å². The first-order valence-electron chi connectivity index (χ1n) is 9.17. The van der Waals surface area contributed by atoms with E-state index in [-0.39, 0.29) is 5.91 Å². The zero-order chi connectivity index (χ0) is 19.3. The van der Waals surface area contributed by atoms with Crippen LogP contribution in [0.2, 0.25) is 0 Å². The lowest BCUT2D eigenvalue weighted by atomic mass is 10.2. The molecule has 2 aromatic heterocycles. The number of amides is 1. The van der Waals surface area contributed by atoms with E-state index in [2.05, 4.69) is 35.1 Å². The normalized spacial score (nSPS) is 14.0. The van der Waals surface area contributed by atoms with Crippen LogP contribution >= 0.6 is 0 Å². The topological polar surface area (TPSA) is 87.1 Å². The van der Waals surface area contributed by atoms with Crippen molar-refractivity contribution in [3.63, 3.8) is 0 Å². The van der Waals surface area contributed by atoms with E-state index in [4.69, 9.17) is 0 Å². The highest BCUT2D eigenvalue weighted by atomic mass is 16.1. The highest BCUT2D eigenvalue weighted by Crippen LogP contribution is 2.17. The van der Waals surface area contributed by atoms with Gasteiger partial charge in [-0.1, -0.05) is 18.2 Å². The predicted octanol–water partition coefficient (Wildman–Crippen LogP) is 2.15. The number of carbonyl (C=O) groups is 1. The van der Waals surface area contributed by atoms with E-state index >= 15 is 0 Å². The molecule has 4 rings (SSSR count). The van der Waals surface area contributed by atoms with Crippen molar-refractivity contribution in [2.24, 2.45) is 0 Å². The van der Waals surface area contributed by atoms with Gasteiger partial charge in [0.25, 0.3) is 5.91 Å². The van der Waals surface area contributed by atoms with Gasteiger partial charge in [-0.25, -0.2) is 19.9 Å². The molecule has 8 heteroatoms. The third-order valence-electron chi connectivity index (χ3n) is 4.67. The fourth-order valence-electron chi connectivity index (χ4n) is 3.09. The van der Waals surface area contributed by atoms with Crippen molar-refractivity contribution in [1.82, 2.24) is 19.9 Å². The minimum absolute atomic E-state index is 0.241. The molecule has 0 bridgehead atoms. The van der Waals surface area contributed by atoms with Crippen LogP contribution in [0.1, 0.15) is 16.1 Å². The van der Waals surface area contributed by atoms with Crippen LogP contribution in [0, 0.1) is 6.92 Å². The van der Waals surface area contributed by atoms with E-state index in [1.165, 1.54) is 0 Å². The maximum absolute atomic E-state index is 12.6. The van der Waals surface area contributed by atoms with Gasteiger partial charge in [0.2, 0.25) is 11.9 Å². The first-order chi connectivity index (χ1) is 13.7. The quantitative estimate of drug-likeness (QED) is 0.748. The molecule has 0 atom stereocenters. The van der Waals surface area contributed by atoms with Gasteiger partial charge in [0.1, 0.15) is 5.69 Å². The molecule has 0 radical (unpaired) electrons. The largest absolute Gasteiger partial charge is 0.337 e. The van der Waals surface area contributed by atoms with E-state index < -0.39 is 0 Å². The zero-order valence-electron chi connectivity index (χ0n) is 15.6. The van der Waals surface area contributed by atoms with Gasteiger partial charge < -0.3 is 15.1 Å². The molecule has 0 spiro atoms. The van der Waals surface area contributed by atoms with Crippen molar-refractivity contribution in [3.05, 3.63) is 66.2 Å². The average Bonchev–Trinajstić information content (AvgIpc) is 2.76. The van der Waals surface area contributed by atoms with Gasteiger partial charge >= 0.3 is 0 Å². The molecule has 142 valence electrons. The molecule has 0 aliphatic carbocycles. The van der Waals surface area contributed by atoms with Crippen molar-refractivity contribution < 1.29 is 4.79 Å². The Bertz CT molecular complexity index is 956. The maximum atomic E-state index is 12.6. The number of carbonyl (C=O) groups excluding carboxylic acids is 1. The fourth-order valence-corrected chi connectivity index (χ4v) is 3.09. The van der Waals surface area contributed by atoms with Crippen LogP contribution in [0.25, 0.3) is 0 Å². The number of hydrogen-bond donors (Lipinski definition) is 1. The molecule has 28 heavy (non-hydrogen) atoms. The number of anilines is 3. The van der Waals surface area contributed by atoms with Gasteiger partial charge in [-0.15, -0.1) is 0 Å². The van der Waals surface area contributed by atoms with Crippen LogP contribution in [0.3, 0.4) is 0 Å². The fraction of sp³-hybridized carbons (Fsp3) is 0.250.